The van der Waals surface area contributed by atoms with Gasteiger partial charge in [-0.2, -0.15) is 5.26 Å². The van der Waals surface area contributed by atoms with E-state index >= 15 is 0 Å². The smallest absolute Gasteiger partial charge is 0.374 e. The van der Waals surface area contributed by atoms with Crippen molar-refractivity contribution in [3.05, 3.63) is 0 Å². The molecule has 0 aromatic rings. The molecule has 1 aliphatic heterocycles. The third kappa shape index (κ3) is 0.961. The van der Waals surface area contributed by atoms with Gasteiger partial charge in [0.2, 0.25) is 0 Å². The lowest BCUT2D eigenvalue weighted by Gasteiger charge is -2.07. The van der Waals surface area contributed by atoms with Crippen LogP contribution in [0.15, 0.2) is 15.2 Å². The summed E-state index contributed by atoms with van der Waals surface area (Å²) >= 11 is 0. The first-order valence-corrected chi connectivity index (χ1v) is 2.70. The molecule has 0 radical (unpaired) electrons. The van der Waals surface area contributed by atoms with Crippen LogP contribution < -0.4 is 0 Å². The Morgan fingerprint density at radius 3 is 2.91 bits per heavy atom. The average molecular weight is 152 g/mol. The van der Waals surface area contributed by atoms with Crippen molar-refractivity contribution >= 4 is 12.3 Å². The lowest BCUT2D eigenvalue weighted by Crippen LogP contribution is -2.32. The van der Waals surface area contributed by atoms with Crippen molar-refractivity contribution in [2.75, 3.05) is 7.11 Å². The van der Waals surface area contributed by atoms with E-state index in [2.05, 4.69) is 20.0 Å². The predicted octanol–water partition coefficient (Wildman–Crippen LogP) is -0.127. The van der Waals surface area contributed by atoms with Gasteiger partial charge < -0.3 is 4.74 Å². The first kappa shape index (κ1) is 7.34. The van der Waals surface area contributed by atoms with Crippen LogP contribution in [-0.2, 0) is 9.53 Å². The third-order valence-corrected chi connectivity index (χ3v) is 1.12. The fourth-order valence-electron chi connectivity index (χ4n) is 0.577. The molecule has 6 nitrogen and oxygen atoms in total. The lowest BCUT2D eigenvalue weighted by molar-refractivity contribution is -0.144. The Hall–Kier alpha value is -1.77. The molecule has 1 aliphatic rings. The predicted molar refractivity (Wildman–Crippen MR) is 33.7 cm³/mol. The van der Waals surface area contributed by atoms with Crippen LogP contribution in [0.1, 0.15) is 0 Å². The molecule has 1 atom stereocenters. The SMILES string of the molecule is COC(=O)C1(C#N)N=CN=N1. The van der Waals surface area contributed by atoms with E-state index < -0.39 is 11.6 Å². The Labute approximate surface area is 62.2 Å². The minimum atomic E-state index is -1.78. The molecule has 56 valence electrons. The quantitative estimate of drug-likeness (QED) is 0.490. The molecule has 0 amide bonds. The second kappa shape index (κ2) is 2.46. The fraction of sp³-hybridized carbons (Fsp3) is 0.400. The number of aliphatic imine (C=N–C) groups is 1. The number of nitriles is 1. The molecule has 6 heteroatoms. The fourth-order valence-corrected chi connectivity index (χ4v) is 0.577. The van der Waals surface area contributed by atoms with Gasteiger partial charge in [0.1, 0.15) is 12.4 Å². The summed E-state index contributed by atoms with van der Waals surface area (Å²) in [5, 5.41) is 15.1. The molecule has 0 spiro atoms. The molecule has 0 saturated heterocycles. The topological polar surface area (TPSA) is 87.2 Å². The second-order valence-electron chi connectivity index (χ2n) is 1.74. The number of hydrogen-bond donors (Lipinski definition) is 0. The highest BCUT2D eigenvalue weighted by molar-refractivity contribution is 5.87. The largest absolute Gasteiger partial charge is 0.465 e. The van der Waals surface area contributed by atoms with Gasteiger partial charge in [0.05, 0.1) is 7.11 Å². The number of methoxy groups -OCH3 is 1. The monoisotopic (exact) mass is 152 g/mol. The summed E-state index contributed by atoms with van der Waals surface area (Å²) in [7, 11) is 1.16. The second-order valence-corrected chi connectivity index (χ2v) is 1.74. The van der Waals surface area contributed by atoms with Gasteiger partial charge in [0, 0.05) is 0 Å². The molecule has 0 N–H and O–H groups in total. The van der Waals surface area contributed by atoms with E-state index in [1.54, 1.807) is 6.07 Å². The molecular formula is C5H4N4O2. The number of azo groups is 1. The summed E-state index contributed by atoms with van der Waals surface area (Å²) in [6, 6.07) is 1.60. The zero-order chi connectivity index (χ0) is 8.32. The Morgan fingerprint density at radius 2 is 2.55 bits per heavy atom. The summed E-state index contributed by atoms with van der Waals surface area (Å²) in [4.78, 5) is 14.3. The van der Waals surface area contributed by atoms with Gasteiger partial charge in [-0.15, -0.1) is 10.2 Å². The first-order valence-electron chi connectivity index (χ1n) is 2.70. The lowest BCUT2D eigenvalue weighted by atomic mass is 10.2. The van der Waals surface area contributed by atoms with Crippen LogP contribution >= 0.6 is 0 Å². The maximum absolute atomic E-state index is 10.9. The molecule has 0 fully saturated rings. The zero-order valence-corrected chi connectivity index (χ0v) is 5.68. The van der Waals surface area contributed by atoms with Crippen LogP contribution in [0, 0.1) is 11.3 Å². The molecule has 0 aromatic heterocycles. The Balaban J connectivity index is 2.97. The van der Waals surface area contributed by atoms with Gasteiger partial charge >= 0.3 is 11.6 Å². The molecule has 11 heavy (non-hydrogen) atoms. The summed E-state index contributed by atoms with van der Waals surface area (Å²) in [5.74, 6) is -0.822. The zero-order valence-electron chi connectivity index (χ0n) is 5.68. The minimum absolute atomic E-state index is 0.822. The first-order chi connectivity index (χ1) is 5.25. The normalized spacial score (nSPS) is 26.5. The van der Waals surface area contributed by atoms with Crippen molar-refractivity contribution in [1.82, 2.24) is 0 Å². The molecule has 1 heterocycles. The Bertz CT molecular complexity index is 263. The van der Waals surface area contributed by atoms with E-state index in [0.717, 1.165) is 13.4 Å². The van der Waals surface area contributed by atoms with E-state index in [1.807, 2.05) is 0 Å². The number of hydrogen-bond acceptors (Lipinski definition) is 6. The summed E-state index contributed by atoms with van der Waals surface area (Å²) in [6.07, 6.45) is 1.04. The standard InChI is InChI=1S/C5H4N4O2/c1-11-4(10)5(2-6)7-3-8-9-5/h3H,1H3. The van der Waals surface area contributed by atoms with Crippen molar-refractivity contribution in [3.8, 4) is 6.07 Å². The van der Waals surface area contributed by atoms with E-state index in [9.17, 15) is 4.79 Å². The van der Waals surface area contributed by atoms with Crippen LogP contribution in [0.5, 0.6) is 0 Å². The van der Waals surface area contributed by atoms with Crippen molar-refractivity contribution in [3.63, 3.8) is 0 Å². The van der Waals surface area contributed by atoms with E-state index in [4.69, 9.17) is 5.26 Å². The van der Waals surface area contributed by atoms with E-state index in [0.29, 0.717) is 0 Å². The van der Waals surface area contributed by atoms with Crippen molar-refractivity contribution in [2.24, 2.45) is 15.2 Å². The van der Waals surface area contributed by atoms with Gasteiger partial charge in [-0.1, -0.05) is 0 Å². The Kier molecular flexibility index (Phi) is 1.64. The molecule has 0 bridgehead atoms. The van der Waals surface area contributed by atoms with Gasteiger partial charge in [-0.05, 0) is 0 Å². The van der Waals surface area contributed by atoms with Gasteiger partial charge in [0.25, 0.3) is 0 Å². The van der Waals surface area contributed by atoms with Crippen molar-refractivity contribution in [1.29, 1.82) is 5.26 Å². The number of nitrogens with zero attached hydrogens (tertiary/aromatic N) is 4. The highest BCUT2D eigenvalue weighted by atomic mass is 16.5. The van der Waals surface area contributed by atoms with Crippen molar-refractivity contribution < 1.29 is 9.53 Å². The molecule has 1 unspecified atom stereocenters. The van der Waals surface area contributed by atoms with Crippen LogP contribution in [0.25, 0.3) is 0 Å². The number of carbonyl (C=O) groups is 1. The van der Waals surface area contributed by atoms with Gasteiger partial charge in [-0.3, -0.25) is 0 Å². The van der Waals surface area contributed by atoms with Gasteiger partial charge in [-0.25, -0.2) is 9.79 Å². The molecule has 1 rings (SSSR count). The molecular weight excluding hydrogens is 148 g/mol. The van der Waals surface area contributed by atoms with Crippen LogP contribution in [0.4, 0.5) is 0 Å². The van der Waals surface area contributed by atoms with Crippen molar-refractivity contribution in [2.45, 2.75) is 5.66 Å². The third-order valence-electron chi connectivity index (χ3n) is 1.12. The number of carbonyl (C=O) groups excluding carboxylic acids is 1. The molecule has 0 aliphatic carbocycles. The highest BCUT2D eigenvalue weighted by Gasteiger charge is 2.42. The van der Waals surface area contributed by atoms with Crippen LogP contribution in [-0.4, -0.2) is 25.1 Å². The maximum Gasteiger partial charge on any atom is 0.374 e. The molecule has 0 saturated carbocycles. The summed E-state index contributed by atoms with van der Waals surface area (Å²) in [6.45, 7) is 0. The maximum atomic E-state index is 10.9. The van der Waals surface area contributed by atoms with Crippen LogP contribution in [0.3, 0.4) is 0 Å². The van der Waals surface area contributed by atoms with E-state index in [-0.39, 0.29) is 0 Å². The van der Waals surface area contributed by atoms with Gasteiger partial charge in [0.15, 0.2) is 0 Å². The highest BCUT2D eigenvalue weighted by Crippen LogP contribution is 2.17. The number of ether oxygens (including phenoxy) is 1. The average Bonchev–Trinajstić information content (AvgIpc) is 2.52. The molecule has 0 aromatic carbocycles. The summed E-state index contributed by atoms with van der Waals surface area (Å²) in [5.41, 5.74) is -1.78. The number of rotatable bonds is 1. The van der Waals surface area contributed by atoms with E-state index in [1.165, 1.54) is 0 Å². The summed E-state index contributed by atoms with van der Waals surface area (Å²) < 4.78 is 4.30. The Morgan fingerprint density at radius 1 is 1.82 bits per heavy atom. The number of esters is 1. The minimum Gasteiger partial charge on any atom is -0.465 e. The van der Waals surface area contributed by atoms with Crippen LogP contribution in [0.2, 0.25) is 0 Å².